The number of benzene rings is 3. The number of halogens is 1. The van der Waals surface area contributed by atoms with Gasteiger partial charge < -0.3 is 14.2 Å². The molecular weight excluding hydrogens is 449 g/mol. The number of carbonyl (C=O) groups is 2. The van der Waals surface area contributed by atoms with Crippen molar-refractivity contribution in [3.8, 4) is 11.5 Å². The fraction of sp³-hybridized carbons (Fsp3) is 0.214. The predicted octanol–water partition coefficient (Wildman–Crippen LogP) is 5.05. The maximum Gasteiger partial charge on any atom is 0.336 e. The molecule has 0 saturated carbocycles. The summed E-state index contributed by atoms with van der Waals surface area (Å²) in [5.41, 5.74) is 4.00. The van der Waals surface area contributed by atoms with E-state index in [1.165, 1.54) is 13.2 Å². The van der Waals surface area contributed by atoms with Crippen molar-refractivity contribution >= 4 is 17.6 Å². The van der Waals surface area contributed by atoms with E-state index < -0.39 is 11.9 Å². The Balaban J connectivity index is 1.46. The first kappa shape index (κ1) is 22.7. The standard InChI is InChI=1S/C28H24FNO5/c1-17-7-10-20(11-8-17)30-23-16-35-28(32)27(23)21(14-26(30)31)18-9-12-24(25(13-18)33-2)34-15-19-5-3-4-6-22(19)29/h3-13,21H,14-16H2,1-2H3. The number of nitrogens with zero attached hydrogens (tertiary/aromatic N) is 1. The zero-order valence-electron chi connectivity index (χ0n) is 19.4. The van der Waals surface area contributed by atoms with Crippen LogP contribution in [0.25, 0.3) is 0 Å². The second kappa shape index (κ2) is 9.25. The molecule has 0 fully saturated rings. The lowest BCUT2D eigenvalue weighted by atomic mass is 9.84. The third kappa shape index (κ3) is 4.25. The highest BCUT2D eigenvalue weighted by atomic mass is 19.1. The van der Waals surface area contributed by atoms with Gasteiger partial charge in [-0.25, -0.2) is 9.18 Å². The van der Waals surface area contributed by atoms with Crippen molar-refractivity contribution in [2.45, 2.75) is 25.9 Å². The van der Waals surface area contributed by atoms with E-state index in [1.807, 2.05) is 31.2 Å². The summed E-state index contributed by atoms with van der Waals surface area (Å²) in [6.07, 6.45) is 0.112. The van der Waals surface area contributed by atoms with Crippen molar-refractivity contribution in [2.24, 2.45) is 0 Å². The maximum absolute atomic E-state index is 14.0. The number of anilines is 1. The van der Waals surface area contributed by atoms with Gasteiger partial charge in [-0.1, -0.05) is 42.0 Å². The molecule has 178 valence electrons. The van der Waals surface area contributed by atoms with Crippen molar-refractivity contribution < 1.29 is 28.2 Å². The number of aryl methyl sites for hydroxylation is 1. The number of ether oxygens (including phenoxy) is 3. The van der Waals surface area contributed by atoms with Crippen LogP contribution in [0.4, 0.5) is 10.1 Å². The van der Waals surface area contributed by atoms with E-state index in [0.717, 1.165) is 11.1 Å². The molecule has 0 saturated heterocycles. The summed E-state index contributed by atoms with van der Waals surface area (Å²) in [6, 6.07) is 19.3. The highest BCUT2D eigenvalue weighted by molar-refractivity contribution is 6.06. The number of cyclic esters (lactones) is 1. The topological polar surface area (TPSA) is 65.1 Å². The average Bonchev–Trinajstić information content (AvgIpc) is 3.25. The minimum atomic E-state index is -0.469. The molecule has 0 aromatic heterocycles. The molecule has 0 bridgehead atoms. The van der Waals surface area contributed by atoms with Gasteiger partial charge in [0, 0.05) is 23.6 Å². The lowest BCUT2D eigenvalue weighted by molar-refractivity contribution is -0.136. The lowest BCUT2D eigenvalue weighted by Crippen LogP contribution is -2.37. The van der Waals surface area contributed by atoms with E-state index in [9.17, 15) is 14.0 Å². The number of amides is 1. The molecule has 35 heavy (non-hydrogen) atoms. The number of esters is 1. The van der Waals surface area contributed by atoms with Crippen LogP contribution >= 0.6 is 0 Å². The summed E-state index contributed by atoms with van der Waals surface area (Å²) >= 11 is 0. The number of hydrogen-bond acceptors (Lipinski definition) is 5. The second-order valence-electron chi connectivity index (χ2n) is 8.55. The van der Waals surface area contributed by atoms with E-state index in [-0.39, 0.29) is 31.4 Å². The molecule has 2 aliphatic heterocycles. The summed E-state index contributed by atoms with van der Waals surface area (Å²) in [5.74, 6) is -0.486. The minimum absolute atomic E-state index is 0.0391. The van der Waals surface area contributed by atoms with Crippen LogP contribution in [0.15, 0.2) is 78.0 Å². The number of methoxy groups -OCH3 is 1. The number of carbonyl (C=O) groups excluding carboxylic acids is 2. The van der Waals surface area contributed by atoms with Gasteiger partial charge in [-0.05, 0) is 42.8 Å². The first-order valence-electron chi connectivity index (χ1n) is 11.3. The largest absolute Gasteiger partial charge is 0.493 e. The van der Waals surface area contributed by atoms with Crippen molar-refractivity contribution in [3.63, 3.8) is 0 Å². The second-order valence-corrected chi connectivity index (χ2v) is 8.55. The fourth-order valence-corrected chi connectivity index (χ4v) is 4.52. The Bertz CT molecular complexity index is 1330. The molecule has 1 amide bonds. The summed E-state index contributed by atoms with van der Waals surface area (Å²) in [7, 11) is 1.51. The SMILES string of the molecule is COc1cc(C2CC(=O)N(c3ccc(C)cc3)C3=C2C(=O)OC3)ccc1OCc1ccccc1F. The molecule has 2 heterocycles. The van der Waals surface area contributed by atoms with E-state index in [4.69, 9.17) is 14.2 Å². The summed E-state index contributed by atoms with van der Waals surface area (Å²) in [5, 5.41) is 0. The first-order valence-corrected chi connectivity index (χ1v) is 11.3. The van der Waals surface area contributed by atoms with Gasteiger partial charge in [-0.15, -0.1) is 0 Å². The molecule has 1 unspecified atom stereocenters. The molecule has 2 aliphatic rings. The molecule has 0 N–H and O–H groups in total. The Morgan fingerprint density at radius 3 is 2.54 bits per heavy atom. The summed E-state index contributed by atoms with van der Waals surface area (Å²) < 4.78 is 30.6. The molecular formula is C28H24FNO5. The van der Waals surface area contributed by atoms with Gasteiger partial charge in [0.1, 0.15) is 19.0 Å². The molecule has 3 aromatic rings. The number of hydrogen-bond donors (Lipinski definition) is 0. The third-order valence-corrected chi connectivity index (χ3v) is 6.34. The van der Waals surface area contributed by atoms with Gasteiger partial charge in [0.05, 0.1) is 18.4 Å². The molecule has 5 rings (SSSR count). The summed E-state index contributed by atoms with van der Waals surface area (Å²) in [6.45, 7) is 2.06. The van der Waals surface area contributed by atoms with Crippen LogP contribution in [0.2, 0.25) is 0 Å². The minimum Gasteiger partial charge on any atom is -0.493 e. The van der Waals surface area contributed by atoms with E-state index in [1.54, 1.807) is 41.3 Å². The molecule has 0 aliphatic carbocycles. The molecule has 0 spiro atoms. The number of rotatable bonds is 6. The third-order valence-electron chi connectivity index (χ3n) is 6.34. The monoisotopic (exact) mass is 473 g/mol. The Morgan fingerprint density at radius 1 is 1.03 bits per heavy atom. The van der Waals surface area contributed by atoms with E-state index in [0.29, 0.717) is 34.0 Å². The quantitative estimate of drug-likeness (QED) is 0.469. The van der Waals surface area contributed by atoms with Gasteiger partial charge in [0.25, 0.3) is 0 Å². The van der Waals surface area contributed by atoms with Gasteiger partial charge >= 0.3 is 5.97 Å². The Morgan fingerprint density at radius 2 is 1.80 bits per heavy atom. The average molecular weight is 474 g/mol. The van der Waals surface area contributed by atoms with Crippen LogP contribution in [-0.4, -0.2) is 25.6 Å². The van der Waals surface area contributed by atoms with Crippen molar-refractivity contribution in [2.75, 3.05) is 18.6 Å². The maximum atomic E-state index is 14.0. The lowest BCUT2D eigenvalue weighted by Gasteiger charge is -2.32. The highest BCUT2D eigenvalue weighted by Crippen LogP contribution is 2.43. The van der Waals surface area contributed by atoms with Crippen LogP contribution in [0.3, 0.4) is 0 Å². The Labute approximate surface area is 202 Å². The summed E-state index contributed by atoms with van der Waals surface area (Å²) in [4.78, 5) is 27.6. The van der Waals surface area contributed by atoms with Crippen LogP contribution in [-0.2, 0) is 20.9 Å². The van der Waals surface area contributed by atoms with Crippen LogP contribution in [0, 0.1) is 12.7 Å². The Hall–Kier alpha value is -4.13. The van der Waals surface area contributed by atoms with Crippen LogP contribution < -0.4 is 14.4 Å². The zero-order valence-corrected chi connectivity index (χ0v) is 19.4. The normalized spacial score (nSPS) is 17.3. The molecule has 7 heteroatoms. The van der Waals surface area contributed by atoms with Gasteiger partial charge in [0.2, 0.25) is 5.91 Å². The zero-order chi connectivity index (χ0) is 24.5. The van der Waals surface area contributed by atoms with E-state index >= 15 is 0 Å². The Kier molecular flexibility index (Phi) is 5.99. The smallest absolute Gasteiger partial charge is 0.336 e. The van der Waals surface area contributed by atoms with Gasteiger partial charge in [-0.3, -0.25) is 9.69 Å². The fourth-order valence-electron chi connectivity index (χ4n) is 4.52. The highest BCUT2D eigenvalue weighted by Gasteiger charge is 2.43. The van der Waals surface area contributed by atoms with Crippen LogP contribution in [0.1, 0.15) is 29.0 Å². The van der Waals surface area contributed by atoms with Crippen molar-refractivity contribution in [3.05, 3.63) is 101 Å². The van der Waals surface area contributed by atoms with E-state index in [2.05, 4.69) is 0 Å². The van der Waals surface area contributed by atoms with Crippen molar-refractivity contribution in [1.82, 2.24) is 0 Å². The molecule has 1 atom stereocenters. The van der Waals surface area contributed by atoms with Gasteiger partial charge in [0.15, 0.2) is 11.5 Å². The van der Waals surface area contributed by atoms with Crippen LogP contribution in [0.5, 0.6) is 11.5 Å². The predicted molar refractivity (Wildman–Crippen MR) is 128 cm³/mol. The molecule has 3 aromatic carbocycles. The van der Waals surface area contributed by atoms with Gasteiger partial charge in [-0.2, -0.15) is 0 Å². The first-order chi connectivity index (χ1) is 17.0. The molecule has 0 radical (unpaired) electrons. The molecule has 6 nitrogen and oxygen atoms in total. The van der Waals surface area contributed by atoms with Crippen molar-refractivity contribution in [1.29, 1.82) is 0 Å².